The van der Waals surface area contributed by atoms with E-state index in [-0.39, 0.29) is 5.79 Å². The predicted octanol–water partition coefficient (Wildman–Crippen LogP) is 5.22. The molecule has 0 saturated carbocycles. The van der Waals surface area contributed by atoms with E-state index in [1.807, 2.05) is 13.8 Å². The van der Waals surface area contributed by atoms with E-state index in [4.69, 9.17) is 9.47 Å². The third kappa shape index (κ3) is 4.18. The van der Waals surface area contributed by atoms with Crippen LogP contribution in [0.3, 0.4) is 0 Å². The zero-order valence-electron chi connectivity index (χ0n) is 14.5. The average Bonchev–Trinajstić information content (AvgIpc) is 3.05. The number of hydrogen-bond acceptors (Lipinski definition) is 3. The van der Waals surface area contributed by atoms with Gasteiger partial charge in [0.2, 0.25) is 0 Å². The van der Waals surface area contributed by atoms with Crippen molar-refractivity contribution in [2.75, 3.05) is 13.2 Å². The van der Waals surface area contributed by atoms with Gasteiger partial charge in [-0.05, 0) is 36.1 Å². The van der Waals surface area contributed by atoms with Gasteiger partial charge in [-0.25, -0.2) is 0 Å². The van der Waals surface area contributed by atoms with Gasteiger partial charge in [0.25, 0.3) is 0 Å². The number of rotatable bonds is 3. The van der Waals surface area contributed by atoms with Crippen LogP contribution in [0.1, 0.15) is 44.2 Å². The standard InChI is InChI=1S/C18H21NO2.C2H6/c1-3-10-19-17-13-16(5-4-14(17)2)15-6-8-18(9-7-15)20-11-12-21-18;1-2/h3-6,10,13H,1,7-9,11-12H2,2H3;1-2H3. The van der Waals surface area contributed by atoms with E-state index in [0.717, 1.165) is 24.9 Å². The molecule has 1 heterocycles. The molecular weight excluding hydrogens is 286 g/mol. The topological polar surface area (TPSA) is 30.8 Å². The van der Waals surface area contributed by atoms with E-state index in [0.29, 0.717) is 13.2 Å². The summed E-state index contributed by atoms with van der Waals surface area (Å²) >= 11 is 0. The van der Waals surface area contributed by atoms with Gasteiger partial charge in [0.1, 0.15) is 0 Å². The van der Waals surface area contributed by atoms with Crippen LogP contribution in [-0.2, 0) is 9.47 Å². The van der Waals surface area contributed by atoms with E-state index >= 15 is 0 Å². The fourth-order valence-corrected chi connectivity index (χ4v) is 2.91. The Balaban J connectivity index is 0.000000924. The minimum Gasteiger partial charge on any atom is -0.347 e. The average molecular weight is 313 g/mol. The Labute approximate surface area is 139 Å². The maximum Gasteiger partial charge on any atom is 0.172 e. The molecule has 3 rings (SSSR count). The van der Waals surface area contributed by atoms with Crippen LogP contribution in [0.4, 0.5) is 5.69 Å². The summed E-state index contributed by atoms with van der Waals surface area (Å²) in [5, 5.41) is 0. The lowest BCUT2D eigenvalue weighted by Gasteiger charge is -2.30. The van der Waals surface area contributed by atoms with Gasteiger partial charge >= 0.3 is 0 Å². The van der Waals surface area contributed by atoms with Crippen LogP contribution in [0.15, 0.2) is 41.9 Å². The number of benzene rings is 1. The van der Waals surface area contributed by atoms with Gasteiger partial charge in [-0.3, -0.25) is 4.99 Å². The number of aliphatic imine (C=N–C) groups is 1. The van der Waals surface area contributed by atoms with Gasteiger partial charge in [0, 0.05) is 19.1 Å². The number of ether oxygens (including phenoxy) is 2. The van der Waals surface area contributed by atoms with Gasteiger partial charge in [-0.1, -0.05) is 44.7 Å². The molecule has 2 aliphatic rings. The summed E-state index contributed by atoms with van der Waals surface area (Å²) < 4.78 is 11.5. The molecule has 0 amide bonds. The quantitative estimate of drug-likeness (QED) is 0.716. The molecule has 1 fully saturated rings. The van der Waals surface area contributed by atoms with Crippen molar-refractivity contribution >= 4 is 17.5 Å². The summed E-state index contributed by atoms with van der Waals surface area (Å²) in [6.45, 7) is 11.2. The molecule has 3 nitrogen and oxygen atoms in total. The second-order valence-corrected chi connectivity index (χ2v) is 5.56. The smallest absolute Gasteiger partial charge is 0.172 e. The molecule has 0 N–H and O–H groups in total. The van der Waals surface area contributed by atoms with Crippen molar-refractivity contribution in [3.8, 4) is 0 Å². The molecule has 0 atom stereocenters. The van der Waals surface area contributed by atoms with Gasteiger partial charge in [0.15, 0.2) is 5.79 Å². The first-order valence-corrected chi connectivity index (χ1v) is 8.45. The van der Waals surface area contributed by atoms with E-state index in [1.54, 1.807) is 12.3 Å². The monoisotopic (exact) mass is 313 g/mol. The van der Waals surface area contributed by atoms with E-state index in [1.165, 1.54) is 16.7 Å². The Morgan fingerprint density at radius 3 is 2.57 bits per heavy atom. The summed E-state index contributed by atoms with van der Waals surface area (Å²) in [7, 11) is 0. The molecule has 124 valence electrons. The molecule has 0 bridgehead atoms. The Morgan fingerprint density at radius 1 is 1.22 bits per heavy atom. The zero-order chi connectivity index (χ0) is 16.7. The van der Waals surface area contributed by atoms with Crippen LogP contribution in [0.25, 0.3) is 5.57 Å². The Bertz CT molecular complexity index is 596. The molecule has 1 aliphatic carbocycles. The number of hydrogen-bond donors (Lipinski definition) is 0. The Kier molecular flexibility index (Phi) is 6.31. The second kappa shape index (κ2) is 8.23. The highest BCUT2D eigenvalue weighted by Crippen LogP contribution is 2.39. The first-order valence-electron chi connectivity index (χ1n) is 8.45. The highest BCUT2D eigenvalue weighted by atomic mass is 16.7. The summed E-state index contributed by atoms with van der Waals surface area (Å²) in [6.07, 6.45) is 8.43. The van der Waals surface area contributed by atoms with Crippen LogP contribution in [0.5, 0.6) is 0 Å². The van der Waals surface area contributed by atoms with E-state index in [9.17, 15) is 0 Å². The SMILES string of the molecule is C=CC=Nc1cc(C2=CCC3(CC2)OCCO3)ccc1C.CC. The maximum atomic E-state index is 5.76. The van der Waals surface area contributed by atoms with Crippen molar-refractivity contribution in [1.29, 1.82) is 0 Å². The van der Waals surface area contributed by atoms with Gasteiger partial charge < -0.3 is 9.47 Å². The molecule has 0 radical (unpaired) electrons. The predicted molar refractivity (Wildman–Crippen MR) is 97.3 cm³/mol. The molecule has 1 aromatic rings. The summed E-state index contributed by atoms with van der Waals surface area (Å²) in [5.41, 5.74) is 4.77. The Morgan fingerprint density at radius 2 is 1.96 bits per heavy atom. The van der Waals surface area contributed by atoms with Crippen LogP contribution >= 0.6 is 0 Å². The summed E-state index contributed by atoms with van der Waals surface area (Å²) in [6, 6.07) is 6.44. The van der Waals surface area contributed by atoms with Crippen molar-refractivity contribution < 1.29 is 9.47 Å². The van der Waals surface area contributed by atoms with Gasteiger partial charge in [0.05, 0.1) is 18.9 Å². The highest BCUT2D eigenvalue weighted by Gasteiger charge is 2.37. The highest BCUT2D eigenvalue weighted by molar-refractivity contribution is 5.76. The first-order chi connectivity index (χ1) is 11.2. The van der Waals surface area contributed by atoms with Crippen molar-refractivity contribution in [1.82, 2.24) is 0 Å². The van der Waals surface area contributed by atoms with Crippen molar-refractivity contribution in [3.63, 3.8) is 0 Å². The van der Waals surface area contributed by atoms with Crippen LogP contribution in [0, 0.1) is 6.92 Å². The molecule has 1 aromatic carbocycles. The van der Waals surface area contributed by atoms with Crippen molar-refractivity contribution in [2.45, 2.75) is 45.8 Å². The Hall–Kier alpha value is -1.71. The second-order valence-electron chi connectivity index (χ2n) is 5.56. The lowest BCUT2D eigenvalue weighted by molar-refractivity contribution is -0.159. The molecule has 3 heteroatoms. The maximum absolute atomic E-state index is 5.76. The minimum absolute atomic E-state index is 0.349. The van der Waals surface area contributed by atoms with Crippen LogP contribution < -0.4 is 0 Å². The molecule has 1 spiro atoms. The largest absolute Gasteiger partial charge is 0.347 e. The lowest BCUT2D eigenvalue weighted by Crippen LogP contribution is -2.31. The third-order valence-electron chi connectivity index (χ3n) is 4.15. The molecular formula is C20H27NO2. The van der Waals surface area contributed by atoms with Crippen LogP contribution in [-0.4, -0.2) is 25.2 Å². The zero-order valence-corrected chi connectivity index (χ0v) is 14.5. The first kappa shape index (κ1) is 17.6. The normalized spacial score (nSPS) is 19.3. The third-order valence-corrected chi connectivity index (χ3v) is 4.15. The fourth-order valence-electron chi connectivity index (χ4n) is 2.91. The summed E-state index contributed by atoms with van der Waals surface area (Å²) in [4.78, 5) is 4.43. The van der Waals surface area contributed by atoms with Crippen molar-refractivity contribution in [2.24, 2.45) is 4.99 Å². The minimum atomic E-state index is -0.349. The summed E-state index contributed by atoms with van der Waals surface area (Å²) in [5.74, 6) is -0.349. The van der Waals surface area contributed by atoms with Crippen LogP contribution in [0.2, 0.25) is 0 Å². The number of aryl methyl sites for hydroxylation is 1. The van der Waals surface area contributed by atoms with Gasteiger partial charge in [-0.15, -0.1) is 0 Å². The fraction of sp³-hybridized carbons (Fsp3) is 0.450. The number of nitrogens with zero attached hydrogens (tertiary/aromatic N) is 1. The van der Waals surface area contributed by atoms with Crippen molar-refractivity contribution in [3.05, 3.63) is 48.1 Å². The molecule has 1 saturated heterocycles. The number of allylic oxidation sites excluding steroid dienone is 2. The molecule has 23 heavy (non-hydrogen) atoms. The molecule has 0 aromatic heterocycles. The van der Waals surface area contributed by atoms with E-state index in [2.05, 4.69) is 42.8 Å². The lowest BCUT2D eigenvalue weighted by atomic mass is 9.89. The van der Waals surface area contributed by atoms with Gasteiger partial charge in [-0.2, -0.15) is 0 Å². The molecule has 1 aliphatic heterocycles. The van der Waals surface area contributed by atoms with E-state index < -0.39 is 0 Å². The molecule has 0 unspecified atom stereocenters.